The number of aryl methyl sites for hydroxylation is 1. The summed E-state index contributed by atoms with van der Waals surface area (Å²) in [4.78, 5) is 4.21. The van der Waals surface area contributed by atoms with Gasteiger partial charge in [0.25, 0.3) is 0 Å². The van der Waals surface area contributed by atoms with Crippen LogP contribution >= 0.6 is 11.6 Å². The normalized spacial score (nSPS) is 12.4. The summed E-state index contributed by atoms with van der Waals surface area (Å²) in [5.41, 5.74) is 6.94. The Hall–Kier alpha value is -1.59. The summed E-state index contributed by atoms with van der Waals surface area (Å²) >= 11 is 6.25. The first kappa shape index (κ1) is 15.8. The molecule has 1 aromatic heterocycles. The van der Waals surface area contributed by atoms with Crippen LogP contribution in [0.4, 0.5) is 0 Å². The lowest BCUT2D eigenvalue weighted by Gasteiger charge is -2.15. The molecule has 1 unspecified atom stereocenters. The summed E-state index contributed by atoms with van der Waals surface area (Å²) in [6.07, 6.45) is 2.27. The first-order valence-electron chi connectivity index (χ1n) is 7.11. The number of halogens is 1. The third-order valence-corrected chi connectivity index (χ3v) is 3.59. The molecule has 0 bridgehead atoms. The zero-order valence-corrected chi connectivity index (χ0v) is 13.1. The van der Waals surface area contributed by atoms with E-state index in [2.05, 4.69) is 10.1 Å². The molecule has 5 nitrogen and oxygen atoms in total. The minimum atomic E-state index is 0.0594. The molecule has 0 saturated carbocycles. The fourth-order valence-electron chi connectivity index (χ4n) is 1.91. The van der Waals surface area contributed by atoms with E-state index in [1.807, 2.05) is 32.0 Å². The van der Waals surface area contributed by atoms with Crippen LogP contribution in [0.2, 0.25) is 5.02 Å². The average Bonchev–Trinajstić information content (AvgIpc) is 2.95. The maximum atomic E-state index is 6.25. The van der Waals surface area contributed by atoms with E-state index in [9.17, 15) is 0 Å². The predicted octanol–water partition coefficient (Wildman–Crippen LogP) is 3.14. The van der Waals surface area contributed by atoms with Gasteiger partial charge in [0.15, 0.2) is 6.61 Å². The molecular weight excluding hydrogens is 290 g/mol. The van der Waals surface area contributed by atoms with Crippen LogP contribution in [0.3, 0.4) is 0 Å². The van der Waals surface area contributed by atoms with Gasteiger partial charge in [0.1, 0.15) is 5.75 Å². The first-order chi connectivity index (χ1) is 10.1. The molecule has 1 heterocycles. The predicted molar refractivity (Wildman–Crippen MR) is 81.4 cm³/mol. The molecule has 1 atom stereocenters. The second-order valence-corrected chi connectivity index (χ2v) is 5.24. The van der Waals surface area contributed by atoms with Gasteiger partial charge in [-0.1, -0.05) is 36.7 Å². The van der Waals surface area contributed by atoms with Crippen molar-refractivity contribution in [1.29, 1.82) is 0 Å². The van der Waals surface area contributed by atoms with Crippen molar-refractivity contribution in [1.82, 2.24) is 10.1 Å². The number of hydrogen-bond acceptors (Lipinski definition) is 5. The Morgan fingerprint density at radius 3 is 2.86 bits per heavy atom. The third kappa shape index (κ3) is 4.19. The van der Waals surface area contributed by atoms with Crippen LogP contribution in [-0.4, -0.2) is 16.2 Å². The van der Waals surface area contributed by atoms with Gasteiger partial charge < -0.3 is 15.0 Å². The van der Waals surface area contributed by atoms with Crippen LogP contribution < -0.4 is 10.5 Å². The molecule has 0 fully saturated rings. The minimum absolute atomic E-state index is 0.0594. The molecule has 0 radical (unpaired) electrons. The Morgan fingerprint density at radius 1 is 1.38 bits per heavy atom. The lowest BCUT2D eigenvalue weighted by molar-refractivity contribution is 0.282. The van der Waals surface area contributed by atoms with Crippen molar-refractivity contribution in [2.75, 3.05) is 0 Å². The smallest absolute Gasteiger partial charge is 0.226 e. The monoisotopic (exact) mass is 309 g/mol. The molecule has 0 aliphatic heterocycles. The van der Waals surface area contributed by atoms with E-state index >= 15 is 0 Å². The molecule has 0 saturated heterocycles. The summed E-state index contributed by atoms with van der Waals surface area (Å²) in [5.74, 6) is 1.85. The van der Waals surface area contributed by atoms with Crippen LogP contribution in [0, 0.1) is 0 Å². The molecule has 2 N–H and O–H groups in total. The van der Waals surface area contributed by atoms with E-state index in [0.29, 0.717) is 35.3 Å². The molecule has 0 amide bonds. The maximum Gasteiger partial charge on any atom is 0.226 e. The van der Waals surface area contributed by atoms with Crippen molar-refractivity contribution < 1.29 is 9.26 Å². The van der Waals surface area contributed by atoms with Gasteiger partial charge in [-0.2, -0.15) is 4.98 Å². The quantitative estimate of drug-likeness (QED) is 0.850. The highest BCUT2D eigenvalue weighted by Crippen LogP contribution is 2.28. The fraction of sp³-hybridized carbons (Fsp3) is 0.467. The van der Waals surface area contributed by atoms with Crippen molar-refractivity contribution in [2.45, 2.75) is 45.8 Å². The van der Waals surface area contributed by atoms with Gasteiger partial charge in [-0.3, -0.25) is 0 Å². The van der Waals surface area contributed by atoms with Crippen molar-refractivity contribution in [2.24, 2.45) is 5.73 Å². The number of aromatic nitrogens is 2. The van der Waals surface area contributed by atoms with Crippen molar-refractivity contribution in [3.8, 4) is 5.75 Å². The van der Waals surface area contributed by atoms with Crippen LogP contribution in [0.25, 0.3) is 0 Å². The number of nitrogens with two attached hydrogens (primary N) is 1. The second-order valence-electron chi connectivity index (χ2n) is 4.84. The SMILES string of the molecule is CCc1nc(COc2cccc(Cl)c2CC(N)CC)no1. The molecule has 114 valence electrons. The Balaban J connectivity index is 2.10. The topological polar surface area (TPSA) is 74.2 Å². The van der Waals surface area contributed by atoms with E-state index < -0.39 is 0 Å². The van der Waals surface area contributed by atoms with Gasteiger partial charge in [-0.05, 0) is 25.0 Å². The zero-order valence-electron chi connectivity index (χ0n) is 12.3. The van der Waals surface area contributed by atoms with Gasteiger partial charge >= 0.3 is 0 Å². The Labute approximate surface area is 129 Å². The highest BCUT2D eigenvalue weighted by molar-refractivity contribution is 6.31. The van der Waals surface area contributed by atoms with Crippen molar-refractivity contribution in [3.05, 3.63) is 40.5 Å². The van der Waals surface area contributed by atoms with E-state index in [0.717, 1.165) is 12.0 Å². The molecule has 0 aliphatic carbocycles. The van der Waals surface area contributed by atoms with Crippen molar-refractivity contribution in [3.63, 3.8) is 0 Å². The lowest BCUT2D eigenvalue weighted by atomic mass is 10.0. The number of benzene rings is 1. The van der Waals surface area contributed by atoms with Crippen LogP contribution in [0.15, 0.2) is 22.7 Å². The molecule has 1 aromatic carbocycles. The molecular formula is C15H20ClN3O2. The molecule has 2 rings (SSSR count). The minimum Gasteiger partial charge on any atom is -0.485 e. The third-order valence-electron chi connectivity index (χ3n) is 3.24. The van der Waals surface area contributed by atoms with E-state index in [1.165, 1.54) is 0 Å². The highest BCUT2D eigenvalue weighted by Gasteiger charge is 2.13. The van der Waals surface area contributed by atoms with Gasteiger partial charge in [-0.25, -0.2) is 0 Å². The second kappa shape index (κ2) is 7.43. The lowest BCUT2D eigenvalue weighted by Crippen LogP contribution is -2.22. The number of ether oxygens (including phenoxy) is 1. The summed E-state index contributed by atoms with van der Waals surface area (Å²) in [5, 5.41) is 4.53. The molecule has 2 aromatic rings. The van der Waals surface area contributed by atoms with Crippen LogP contribution in [0.1, 0.15) is 37.5 Å². The summed E-state index contributed by atoms with van der Waals surface area (Å²) in [7, 11) is 0. The molecule has 0 spiro atoms. The first-order valence-corrected chi connectivity index (χ1v) is 7.49. The van der Waals surface area contributed by atoms with Crippen LogP contribution in [-0.2, 0) is 19.4 Å². The van der Waals surface area contributed by atoms with E-state index in [-0.39, 0.29) is 12.6 Å². The largest absolute Gasteiger partial charge is 0.485 e. The van der Waals surface area contributed by atoms with Crippen LogP contribution in [0.5, 0.6) is 5.75 Å². The van der Waals surface area contributed by atoms with Gasteiger partial charge in [0.05, 0.1) is 0 Å². The molecule has 0 aliphatic rings. The van der Waals surface area contributed by atoms with Crippen molar-refractivity contribution >= 4 is 11.6 Å². The highest BCUT2D eigenvalue weighted by atomic mass is 35.5. The Morgan fingerprint density at radius 2 is 2.19 bits per heavy atom. The summed E-state index contributed by atoms with van der Waals surface area (Å²) < 4.78 is 10.8. The van der Waals surface area contributed by atoms with E-state index in [4.69, 9.17) is 26.6 Å². The average molecular weight is 310 g/mol. The number of rotatable bonds is 7. The summed E-state index contributed by atoms with van der Waals surface area (Å²) in [6, 6.07) is 5.64. The Bertz CT molecular complexity index is 586. The number of nitrogens with zero attached hydrogens (tertiary/aromatic N) is 2. The summed E-state index contributed by atoms with van der Waals surface area (Å²) in [6.45, 7) is 4.26. The van der Waals surface area contributed by atoms with Gasteiger partial charge in [-0.15, -0.1) is 0 Å². The Kier molecular flexibility index (Phi) is 5.59. The fourth-order valence-corrected chi connectivity index (χ4v) is 2.16. The number of hydrogen-bond donors (Lipinski definition) is 1. The molecule has 6 heteroatoms. The molecule has 21 heavy (non-hydrogen) atoms. The standard InChI is InChI=1S/C15H20ClN3O2/c1-3-10(17)8-11-12(16)6-5-7-13(11)20-9-14-18-15(4-2)21-19-14/h5-7,10H,3-4,8-9,17H2,1-2H3. The van der Waals surface area contributed by atoms with Gasteiger partial charge in [0.2, 0.25) is 11.7 Å². The maximum absolute atomic E-state index is 6.25. The van der Waals surface area contributed by atoms with E-state index in [1.54, 1.807) is 0 Å². The zero-order chi connectivity index (χ0) is 15.2. The van der Waals surface area contributed by atoms with Gasteiger partial charge in [0, 0.05) is 23.0 Å².